The normalized spacial score (nSPS) is 22.8. The van der Waals surface area contributed by atoms with Crippen molar-refractivity contribution >= 4 is 34.8 Å². The van der Waals surface area contributed by atoms with Gasteiger partial charge in [0.25, 0.3) is 5.91 Å². The number of carbonyl (C=O) groups is 1. The number of allylic oxidation sites excluding steroid dienone is 3. The maximum absolute atomic E-state index is 13.1. The van der Waals surface area contributed by atoms with Gasteiger partial charge in [0.15, 0.2) is 6.17 Å². The van der Waals surface area contributed by atoms with E-state index in [1.165, 1.54) is 0 Å². The molecule has 1 unspecified atom stereocenters. The van der Waals surface area contributed by atoms with Crippen LogP contribution in [0.5, 0.6) is 0 Å². The third kappa shape index (κ3) is 3.53. The molecule has 28 heavy (non-hydrogen) atoms. The van der Waals surface area contributed by atoms with Gasteiger partial charge in [-0.25, -0.2) is 0 Å². The van der Waals surface area contributed by atoms with Crippen molar-refractivity contribution in [2.75, 3.05) is 19.8 Å². The van der Waals surface area contributed by atoms with Crippen molar-refractivity contribution < 1.29 is 14.6 Å². The lowest BCUT2D eigenvalue weighted by molar-refractivity contribution is -0.129. The molecule has 3 heterocycles. The number of hydrogen-bond acceptors (Lipinski definition) is 5. The van der Waals surface area contributed by atoms with E-state index in [4.69, 9.17) is 27.9 Å². The van der Waals surface area contributed by atoms with Gasteiger partial charge in [-0.15, -0.1) is 0 Å². The summed E-state index contributed by atoms with van der Waals surface area (Å²) in [7, 11) is 0. The Bertz CT molecular complexity index is 875. The Morgan fingerprint density at radius 2 is 2.11 bits per heavy atom. The second kappa shape index (κ2) is 7.79. The molecule has 1 atom stereocenters. The molecule has 6 nitrogen and oxygen atoms in total. The lowest BCUT2D eigenvalue weighted by Gasteiger charge is -2.38. The number of nitrogens with zero attached hydrogens (tertiary/aromatic N) is 1. The third-order valence-electron chi connectivity index (χ3n) is 5.30. The predicted octanol–water partition coefficient (Wildman–Crippen LogP) is 2.63. The van der Waals surface area contributed by atoms with Crippen LogP contribution in [0.25, 0.3) is 5.70 Å². The van der Waals surface area contributed by atoms with Gasteiger partial charge in [-0.05, 0) is 43.2 Å². The van der Waals surface area contributed by atoms with Crippen LogP contribution in [-0.4, -0.2) is 47.4 Å². The number of aliphatic hydroxyl groups excluding tert-OH is 1. The average molecular weight is 422 g/mol. The highest BCUT2D eigenvalue weighted by Gasteiger charge is 2.40. The Morgan fingerprint density at radius 1 is 1.32 bits per heavy atom. The number of carbonyl (C=O) groups excluding carboxylic acids is 1. The van der Waals surface area contributed by atoms with Crippen molar-refractivity contribution in [3.05, 3.63) is 63.9 Å². The minimum Gasteiger partial charge on any atom is -0.394 e. The molecule has 0 spiro atoms. The van der Waals surface area contributed by atoms with Gasteiger partial charge in [-0.3, -0.25) is 4.79 Å². The quantitative estimate of drug-likeness (QED) is 0.696. The van der Waals surface area contributed by atoms with Gasteiger partial charge in [-0.1, -0.05) is 29.3 Å². The van der Waals surface area contributed by atoms with Crippen LogP contribution >= 0.6 is 23.2 Å². The van der Waals surface area contributed by atoms with E-state index in [0.717, 1.165) is 17.0 Å². The summed E-state index contributed by atoms with van der Waals surface area (Å²) in [6.07, 6.45) is 8.06. The Kier molecular flexibility index (Phi) is 5.38. The minimum atomic E-state index is -0.660. The molecule has 1 aromatic carbocycles. The summed E-state index contributed by atoms with van der Waals surface area (Å²) >= 11 is 12.4. The largest absolute Gasteiger partial charge is 0.394 e. The molecule has 0 aromatic heterocycles. The first-order valence-corrected chi connectivity index (χ1v) is 9.89. The van der Waals surface area contributed by atoms with Crippen molar-refractivity contribution in [1.29, 1.82) is 0 Å². The Hall–Kier alpha value is -1.99. The number of fused-ring (bicyclic) bond motifs is 1. The van der Waals surface area contributed by atoms with E-state index in [-0.39, 0.29) is 12.5 Å². The molecule has 4 rings (SSSR count). The second-order valence-electron chi connectivity index (χ2n) is 7.08. The van der Waals surface area contributed by atoms with Gasteiger partial charge in [-0.2, -0.15) is 0 Å². The zero-order valence-electron chi connectivity index (χ0n) is 15.1. The van der Waals surface area contributed by atoms with Crippen LogP contribution in [0, 0.1) is 0 Å². The fourth-order valence-corrected chi connectivity index (χ4v) is 4.19. The van der Waals surface area contributed by atoms with E-state index < -0.39 is 11.7 Å². The molecule has 148 valence electrons. The summed E-state index contributed by atoms with van der Waals surface area (Å²) in [5.41, 5.74) is 1.71. The van der Waals surface area contributed by atoms with Crippen LogP contribution in [0.2, 0.25) is 10.0 Å². The van der Waals surface area contributed by atoms with Gasteiger partial charge < -0.3 is 25.4 Å². The van der Waals surface area contributed by atoms with E-state index in [1.54, 1.807) is 12.1 Å². The fourth-order valence-electron chi connectivity index (χ4n) is 3.69. The molecule has 8 heteroatoms. The summed E-state index contributed by atoms with van der Waals surface area (Å²) in [6.45, 7) is 0.904. The molecule has 1 fully saturated rings. The summed E-state index contributed by atoms with van der Waals surface area (Å²) in [5.74, 6) is -0.214. The number of amides is 1. The first-order chi connectivity index (χ1) is 13.5. The third-order valence-corrected chi connectivity index (χ3v) is 5.84. The molecule has 3 aliphatic heterocycles. The van der Waals surface area contributed by atoms with E-state index in [0.29, 0.717) is 36.1 Å². The molecular weight excluding hydrogens is 401 g/mol. The number of hydrogen-bond donors (Lipinski definition) is 3. The molecule has 3 N–H and O–H groups in total. The lowest BCUT2D eigenvalue weighted by Crippen LogP contribution is -2.60. The number of aliphatic hydroxyl groups is 1. The Labute approximate surface area is 173 Å². The molecular formula is C20H21Cl2N3O3. The maximum Gasteiger partial charge on any atom is 0.264 e. The number of benzene rings is 1. The topological polar surface area (TPSA) is 73.8 Å². The molecule has 0 saturated carbocycles. The fraction of sp³-hybridized carbons (Fsp3) is 0.350. The van der Waals surface area contributed by atoms with Crippen molar-refractivity contribution in [3.63, 3.8) is 0 Å². The van der Waals surface area contributed by atoms with Crippen LogP contribution in [-0.2, 0) is 9.53 Å². The molecule has 1 amide bonds. The predicted molar refractivity (Wildman–Crippen MR) is 108 cm³/mol. The Morgan fingerprint density at radius 3 is 2.82 bits per heavy atom. The number of nitrogens with one attached hydrogen (secondary N) is 2. The smallest absolute Gasteiger partial charge is 0.264 e. The zero-order valence-corrected chi connectivity index (χ0v) is 16.6. The average Bonchev–Trinajstić information content (AvgIpc) is 3.08. The van der Waals surface area contributed by atoms with E-state index in [2.05, 4.69) is 10.6 Å². The summed E-state index contributed by atoms with van der Waals surface area (Å²) < 4.78 is 5.37. The van der Waals surface area contributed by atoms with E-state index in [9.17, 15) is 9.90 Å². The molecule has 1 saturated heterocycles. The summed E-state index contributed by atoms with van der Waals surface area (Å²) in [5, 5.41) is 17.3. The second-order valence-corrected chi connectivity index (χ2v) is 7.92. The highest BCUT2D eigenvalue weighted by atomic mass is 35.5. The van der Waals surface area contributed by atoms with Crippen molar-refractivity contribution in [1.82, 2.24) is 15.5 Å². The van der Waals surface area contributed by atoms with Crippen molar-refractivity contribution in [3.8, 4) is 0 Å². The van der Waals surface area contributed by atoms with Crippen LogP contribution in [0.1, 0.15) is 18.4 Å². The first-order valence-electron chi connectivity index (χ1n) is 9.13. The number of halogens is 2. The van der Waals surface area contributed by atoms with Gasteiger partial charge in [0.05, 0.1) is 28.6 Å². The van der Waals surface area contributed by atoms with Gasteiger partial charge >= 0.3 is 0 Å². The molecule has 0 radical (unpaired) electrons. The molecule has 0 bridgehead atoms. The highest BCUT2D eigenvalue weighted by Crippen LogP contribution is 2.35. The zero-order chi connectivity index (χ0) is 19.7. The SMILES string of the molecule is O=C(NC1(CO)CCOCC1)C1NC(c2ccc(Cl)cc2Cl)=C2C=CC=CN21. The van der Waals surface area contributed by atoms with Crippen molar-refractivity contribution in [2.45, 2.75) is 24.5 Å². The van der Waals surface area contributed by atoms with Crippen LogP contribution in [0.4, 0.5) is 0 Å². The van der Waals surface area contributed by atoms with Gasteiger partial charge in [0, 0.05) is 30.0 Å². The van der Waals surface area contributed by atoms with E-state index in [1.807, 2.05) is 35.4 Å². The number of ether oxygens (including phenoxy) is 1. The maximum atomic E-state index is 13.1. The Balaban J connectivity index is 1.61. The summed E-state index contributed by atoms with van der Waals surface area (Å²) in [6, 6.07) is 5.27. The monoisotopic (exact) mass is 421 g/mol. The van der Waals surface area contributed by atoms with Crippen molar-refractivity contribution in [2.24, 2.45) is 0 Å². The minimum absolute atomic E-state index is 0.124. The van der Waals surface area contributed by atoms with Crippen LogP contribution < -0.4 is 10.6 Å². The standard InChI is InChI=1S/C20H21Cl2N3O3/c21-13-4-5-14(15(22)11-13)17-16-3-1-2-8-25(16)18(23-17)19(27)24-20(12-26)6-9-28-10-7-20/h1-5,8,11,18,23,26H,6-7,9-10,12H2,(H,24,27). The van der Waals surface area contributed by atoms with Crippen LogP contribution in [0.15, 0.2) is 48.3 Å². The molecule has 3 aliphatic rings. The van der Waals surface area contributed by atoms with Gasteiger partial charge in [0.1, 0.15) is 0 Å². The highest BCUT2D eigenvalue weighted by molar-refractivity contribution is 6.35. The summed E-state index contributed by atoms with van der Waals surface area (Å²) in [4.78, 5) is 15.0. The first kappa shape index (κ1) is 19.3. The molecule has 1 aromatic rings. The number of rotatable bonds is 4. The lowest BCUT2D eigenvalue weighted by atomic mass is 9.91. The molecule has 0 aliphatic carbocycles. The van der Waals surface area contributed by atoms with E-state index >= 15 is 0 Å². The van der Waals surface area contributed by atoms with Crippen LogP contribution in [0.3, 0.4) is 0 Å². The van der Waals surface area contributed by atoms with Gasteiger partial charge in [0.2, 0.25) is 0 Å².